The molecule has 0 bridgehead atoms. The normalized spacial score (nSPS) is 7.60. The maximum absolute atomic E-state index is 10.5. The smallest absolute Gasteiger partial charge is 0.315 e. The first-order chi connectivity index (χ1) is 4.70. The molecular weight excluding hydrogens is 132 g/mol. The molecule has 3 amide bonds. The average molecular weight is 140 g/mol. The number of carbonyl (C=O) groups excluding carboxylic acids is 2. The van der Waals surface area contributed by atoms with Crippen molar-refractivity contribution >= 4 is 11.9 Å². The van der Waals surface area contributed by atoms with Crippen molar-refractivity contribution in [3.05, 3.63) is 25.4 Å². The van der Waals surface area contributed by atoms with E-state index in [0.29, 0.717) is 0 Å². The van der Waals surface area contributed by atoms with E-state index in [-0.39, 0.29) is 0 Å². The average Bonchev–Trinajstić information content (AvgIpc) is 1.88. The van der Waals surface area contributed by atoms with Crippen molar-refractivity contribution < 1.29 is 9.59 Å². The van der Waals surface area contributed by atoms with Gasteiger partial charge in [0.15, 0.2) is 0 Å². The second-order valence-electron chi connectivity index (χ2n) is 1.37. The summed E-state index contributed by atoms with van der Waals surface area (Å²) in [5.41, 5.74) is 0. The van der Waals surface area contributed by atoms with Crippen LogP contribution in [0, 0.1) is 0 Å². The van der Waals surface area contributed by atoms with Crippen LogP contribution >= 0.6 is 0 Å². The number of carbonyl (C=O) groups is 2. The summed E-state index contributed by atoms with van der Waals surface area (Å²) in [6.07, 6.45) is 2.17. The van der Waals surface area contributed by atoms with Crippen LogP contribution in [0.5, 0.6) is 0 Å². The number of imide groups is 1. The summed E-state index contributed by atoms with van der Waals surface area (Å²) in [5.74, 6) is -0.542. The fourth-order valence-electron chi connectivity index (χ4n) is 0.292. The predicted octanol–water partition coefficient (Wildman–Crippen LogP) is 0.142. The minimum Gasteiger partial charge on any atom is -0.315 e. The molecule has 0 aromatic rings. The summed E-state index contributed by atoms with van der Waals surface area (Å²) in [4.78, 5) is 20.8. The van der Waals surface area contributed by atoms with E-state index >= 15 is 0 Å². The molecule has 0 aromatic heterocycles. The van der Waals surface area contributed by atoms with Crippen molar-refractivity contribution in [2.45, 2.75) is 0 Å². The van der Waals surface area contributed by atoms with Gasteiger partial charge in [-0.05, 0) is 12.3 Å². The molecular formula is C6H8N2O2. The first-order valence-corrected chi connectivity index (χ1v) is 2.55. The first kappa shape index (κ1) is 8.42. The Balaban J connectivity index is 3.67. The van der Waals surface area contributed by atoms with Crippen LogP contribution < -0.4 is 10.6 Å². The molecule has 0 spiro atoms. The summed E-state index contributed by atoms with van der Waals surface area (Å²) in [7, 11) is 0. The Morgan fingerprint density at radius 1 is 1.30 bits per heavy atom. The van der Waals surface area contributed by atoms with Gasteiger partial charge in [-0.2, -0.15) is 0 Å². The maximum Gasteiger partial charge on any atom is 0.325 e. The number of amides is 3. The molecule has 4 heteroatoms. The van der Waals surface area contributed by atoms with Crippen LogP contribution in [0.15, 0.2) is 25.4 Å². The van der Waals surface area contributed by atoms with Crippen LogP contribution in [0.4, 0.5) is 4.79 Å². The van der Waals surface area contributed by atoms with Gasteiger partial charge >= 0.3 is 6.03 Å². The molecule has 2 N–H and O–H groups in total. The monoisotopic (exact) mass is 140 g/mol. The Morgan fingerprint density at radius 2 is 1.90 bits per heavy atom. The van der Waals surface area contributed by atoms with Crippen molar-refractivity contribution in [3.8, 4) is 0 Å². The van der Waals surface area contributed by atoms with Gasteiger partial charge in [-0.1, -0.05) is 13.2 Å². The molecule has 10 heavy (non-hydrogen) atoms. The number of rotatable bonds is 2. The summed E-state index contributed by atoms with van der Waals surface area (Å²) in [6.45, 7) is 6.38. The maximum atomic E-state index is 10.5. The highest BCUT2D eigenvalue weighted by molar-refractivity contribution is 6.00. The van der Waals surface area contributed by atoms with E-state index in [9.17, 15) is 9.59 Å². The second kappa shape index (κ2) is 4.31. The van der Waals surface area contributed by atoms with Crippen LogP contribution in [0.3, 0.4) is 0 Å². The minimum absolute atomic E-state index is 0.542. The zero-order valence-electron chi connectivity index (χ0n) is 5.39. The van der Waals surface area contributed by atoms with E-state index in [4.69, 9.17) is 0 Å². The fourth-order valence-corrected chi connectivity index (χ4v) is 0.292. The van der Waals surface area contributed by atoms with Crippen LogP contribution in [0.1, 0.15) is 0 Å². The van der Waals surface area contributed by atoms with Crippen molar-refractivity contribution in [3.63, 3.8) is 0 Å². The molecule has 0 radical (unpaired) electrons. The Bertz CT molecular complexity index is 175. The number of hydrogen-bond acceptors (Lipinski definition) is 2. The van der Waals surface area contributed by atoms with Gasteiger partial charge in [0, 0.05) is 0 Å². The summed E-state index contributed by atoms with van der Waals surface area (Å²) in [5, 5.41) is 4.11. The molecule has 0 aromatic carbocycles. The molecule has 54 valence electrons. The van der Waals surface area contributed by atoms with Gasteiger partial charge < -0.3 is 5.32 Å². The topological polar surface area (TPSA) is 58.2 Å². The Hall–Kier alpha value is -1.58. The van der Waals surface area contributed by atoms with E-state index in [1.54, 1.807) is 0 Å². The lowest BCUT2D eigenvalue weighted by atomic mass is 10.6. The highest BCUT2D eigenvalue weighted by Crippen LogP contribution is 1.67. The number of hydrogen-bond donors (Lipinski definition) is 2. The van der Waals surface area contributed by atoms with Gasteiger partial charge in [0.1, 0.15) is 0 Å². The molecule has 0 saturated heterocycles. The van der Waals surface area contributed by atoms with Gasteiger partial charge in [-0.3, -0.25) is 10.1 Å². The third-order valence-corrected chi connectivity index (χ3v) is 0.655. The van der Waals surface area contributed by atoms with Crippen LogP contribution in [0.25, 0.3) is 0 Å². The second-order valence-corrected chi connectivity index (χ2v) is 1.37. The van der Waals surface area contributed by atoms with E-state index in [1.807, 2.05) is 5.32 Å². The largest absolute Gasteiger partial charge is 0.325 e. The highest BCUT2D eigenvalue weighted by Gasteiger charge is 1.98. The van der Waals surface area contributed by atoms with Crippen LogP contribution in [0.2, 0.25) is 0 Å². The Morgan fingerprint density at radius 3 is 2.30 bits per heavy atom. The van der Waals surface area contributed by atoms with E-state index in [1.165, 1.54) is 6.20 Å². The molecule has 0 saturated carbocycles. The lowest BCUT2D eigenvalue weighted by molar-refractivity contribution is -0.115. The van der Waals surface area contributed by atoms with Gasteiger partial charge in [-0.25, -0.2) is 4.79 Å². The van der Waals surface area contributed by atoms with Crippen LogP contribution in [-0.4, -0.2) is 11.9 Å². The number of urea groups is 1. The Kier molecular flexibility index (Phi) is 3.63. The molecule has 0 atom stereocenters. The highest BCUT2D eigenvalue weighted by atomic mass is 16.2. The quantitative estimate of drug-likeness (QED) is 0.536. The van der Waals surface area contributed by atoms with Gasteiger partial charge in [0.05, 0.1) is 0 Å². The summed E-state index contributed by atoms with van der Waals surface area (Å²) < 4.78 is 0. The van der Waals surface area contributed by atoms with Crippen LogP contribution in [-0.2, 0) is 4.79 Å². The van der Waals surface area contributed by atoms with Gasteiger partial charge in [0.25, 0.3) is 5.91 Å². The van der Waals surface area contributed by atoms with E-state index in [2.05, 4.69) is 18.5 Å². The molecule has 0 aliphatic rings. The summed E-state index contributed by atoms with van der Waals surface area (Å²) >= 11 is 0. The van der Waals surface area contributed by atoms with Gasteiger partial charge in [-0.15, -0.1) is 0 Å². The minimum atomic E-state index is -0.611. The molecule has 0 rings (SSSR count). The first-order valence-electron chi connectivity index (χ1n) is 2.55. The third kappa shape index (κ3) is 3.43. The molecule has 0 aliphatic heterocycles. The van der Waals surface area contributed by atoms with E-state index in [0.717, 1.165) is 6.08 Å². The zero-order valence-corrected chi connectivity index (χ0v) is 5.39. The molecule has 0 heterocycles. The molecule has 4 nitrogen and oxygen atoms in total. The van der Waals surface area contributed by atoms with Crippen molar-refractivity contribution in [1.82, 2.24) is 10.6 Å². The van der Waals surface area contributed by atoms with Crippen molar-refractivity contribution in [1.29, 1.82) is 0 Å². The van der Waals surface area contributed by atoms with E-state index < -0.39 is 11.9 Å². The Labute approximate surface area is 58.6 Å². The summed E-state index contributed by atoms with van der Waals surface area (Å²) in [6, 6.07) is -0.611. The van der Waals surface area contributed by atoms with Crippen molar-refractivity contribution in [2.24, 2.45) is 0 Å². The van der Waals surface area contributed by atoms with Crippen molar-refractivity contribution in [2.75, 3.05) is 0 Å². The standard InChI is InChI=1S/C6H8N2O2/c1-3-5(9)8-6(10)7-4-2/h3-4H,1-2H2,(H2,7,8,9,10). The zero-order chi connectivity index (χ0) is 7.98. The lowest BCUT2D eigenvalue weighted by Crippen LogP contribution is -2.35. The lowest BCUT2D eigenvalue weighted by Gasteiger charge is -1.97. The SMILES string of the molecule is C=CNC(=O)NC(=O)C=C. The molecule has 0 unspecified atom stereocenters. The van der Waals surface area contributed by atoms with Gasteiger partial charge in [0.2, 0.25) is 0 Å². The number of nitrogens with one attached hydrogen (secondary N) is 2. The molecule has 0 aliphatic carbocycles. The fraction of sp³-hybridized carbons (Fsp3) is 0. The third-order valence-electron chi connectivity index (χ3n) is 0.655. The predicted molar refractivity (Wildman–Crippen MR) is 37.1 cm³/mol. The molecule has 0 fully saturated rings.